The van der Waals surface area contributed by atoms with E-state index in [1.165, 1.54) is 0 Å². The minimum Gasteiger partial charge on any atom is -0.481 e. The van der Waals surface area contributed by atoms with Crippen LogP contribution in [0.25, 0.3) is 22.0 Å². The molecule has 0 saturated heterocycles. The van der Waals surface area contributed by atoms with Crippen LogP contribution in [0, 0.1) is 6.92 Å². The van der Waals surface area contributed by atoms with Gasteiger partial charge in [-0.15, -0.1) is 0 Å². The molecule has 0 aliphatic carbocycles. The molecule has 1 aliphatic heterocycles. The van der Waals surface area contributed by atoms with Crippen molar-refractivity contribution >= 4 is 22.5 Å². The Morgan fingerprint density at radius 1 is 1.33 bits per heavy atom. The summed E-state index contributed by atoms with van der Waals surface area (Å²) in [7, 11) is 1.61. The van der Waals surface area contributed by atoms with Gasteiger partial charge in [0, 0.05) is 34.8 Å². The third kappa shape index (κ3) is 2.68. The molecule has 3 aromatic rings. The van der Waals surface area contributed by atoms with Gasteiger partial charge in [-0.2, -0.15) is 0 Å². The summed E-state index contributed by atoms with van der Waals surface area (Å²) in [6.45, 7) is 5.23. The van der Waals surface area contributed by atoms with Gasteiger partial charge in [0.25, 0.3) is 5.91 Å². The molecular weight excluding hydrogens is 340 g/mol. The summed E-state index contributed by atoms with van der Waals surface area (Å²) in [6.07, 6.45) is 2.68. The molecule has 0 spiro atoms. The average molecular weight is 362 g/mol. The van der Waals surface area contributed by atoms with E-state index in [0.717, 1.165) is 39.7 Å². The zero-order valence-electron chi connectivity index (χ0n) is 15.7. The number of carbonyl (C=O) groups is 1. The largest absolute Gasteiger partial charge is 0.481 e. The fourth-order valence-corrected chi connectivity index (χ4v) is 3.73. The van der Waals surface area contributed by atoms with Gasteiger partial charge >= 0.3 is 0 Å². The maximum atomic E-state index is 12.7. The van der Waals surface area contributed by atoms with Crippen molar-refractivity contribution in [2.24, 2.45) is 0 Å². The highest BCUT2D eigenvalue weighted by molar-refractivity contribution is 6.11. The number of aryl methyl sites for hydroxylation is 1. The first kappa shape index (κ1) is 17.3. The molecule has 2 aromatic heterocycles. The van der Waals surface area contributed by atoms with Gasteiger partial charge in [0.1, 0.15) is 0 Å². The first-order chi connectivity index (χ1) is 13.0. The average Bonchev–Trinajstić information content (AvgIpc) is 2.97. The van der Waals surface area contributed by atoms with Crippen LogP contribution in [0.2, 0.25) is 0 Å². The zero-order valence-corrected chi connectivity index (χ0v) is 15.7. The molecule has 0 bridgehead atoms. The van der Waals surface area contributed by atoms with Gasteiger partial charge in [-0.25, -0.2) is 9.97 Å². The second-order valence-electron chi connectivity index (χ2n) is 6.83. The number of rotatable bonds is 4. The van der Waals surface area contributed by atoms with Crippen LogP contribution in [0.3, 0.4) is 0 Å². The number of hydrogen-bond donors (Lipinski definition) is 1. The first-order valence-corrected chi connectivity index (χ1v) is 9.06. The zero-order chi connectivity index (χ0) is 19.1. The van der Waals surface area contributed by atoms with E-state index in [4.69, 9.17) is 15.5 Å². The number of methoxy groups -OCH3 is 1. The maximum Gasteiger partial charge on any atom is 0.258 e. The van der Waals surface area contributed by atoms with E-state index >= 15 is 0 Å². The Hall–Kier alpha value is -3.15. The van der Waals surface area contributed by atoms with Crippen LogP contribution in [-0.4, -0.2) is 34.4 Å². The molecule has 0 radical (unpaired) electrons. The smallest absolute Gasteiger partial charge is 0.258 e. The molecule has 1 aromatic carbocycles. The number of hydrogen-bond acceptors (Lipinski definition) is 5. The van der Waals surface area contributed by atoms with Crippen molar-refractivity contribution < 1.29 is 9.53 Å². The Balaban J connectivity index is 1.91. The number of aromatic nitrogens is 2. The highest BCUT2D eigenvalue weighted by Gasteiger charge is 2.31. The Morgan fingerprint density at radius 2 is 2.15 bits per heavy atom. The number of ether oxygens (including phenoxy) is 1. The van der Waals surface area contributed by atoms with E-state index in [9.17, 15) is 4.79 Å². The summed E-state index contributed by atoms with van der Waals surface area (Å²) >= 11 is 0. The van der Waals surface area contributed by atoms with Crippen LogP contribution in [0.1, 0.15) is 35.0 Å². The molecule has 2 N–H and O–H groups in total. The highest BCUT2D eigenvalue weighted by Crippen LogP contribution is 2.36. The van der Waals surface area contributed by atoms with Gasteiger partial charge in [-0.1, -0.05) is 25.1 Å². The van der Waals surface area contributed by atoms with Crippen molar-refractivity contribution in [3.05, 3.63) is 47.3 Å². The Morgan fingerprint density at radius 3 is 2.85 bits per heavy atom. The van der Waals surface area contributed by atoms with Crippen molar-refractivity contribution in [2.45, 2.75) is 26.8 Å². The van der Waals surface area contributed by atoms with Gasteiger partial charge in [0.2, 0.25) is 5.88 Å². The summed E-state index contributed by atoms with van der Waals surface area (Å²) in [6, 6.07) is 7.89. The topological polar surface area (TPSA) is 81.3 Å². The normalized spacial score (nSPS) is 13.3. The van der Waals surface area contributed by atoms with Crippen LogP contribution in [0.4, 0.5) is 5.69 Å². The lowest BCUT2D eigenvalue weighted by Crippen LogP contribution is -2.24. The van der Waals surface area contributed by atoms with Crippen LogP contribution in [0.15, 0.2) is 30.5 Å². The molecule has 27 heavy (non-hydrogen) atoms. The molecule has 6 heteroatoms. The molecule has 1 aliphatic rings. The SMILES string of the molecule is CCCN1Cc2nc3c(-c4cnc(OC)c(C)c4)cccc3c(N)c2C1=O. The van der Waals surface area contributed by atoms with Crippen molar-refractivity contribution in [1.29, 1.82) is 0 Å². The van der Waals surface area contributed by atoms with Crippen LogP contribution in [0.5, 0.6) is 5.88 Å². The number of anilines is 1. The summed E-state index contributed by atoms with van der Waals surface area (Å²) in [5.41, 5.74) is 11.9. The third-order valence-corrected chi connectivity index (χ3v) is 5.00. The number of nitrogen functional groups attached to an aromatic ring is 1. The van der Waals surface area contributed by atoms with Crippen LogP contribution >= 0.6 is 0 Å². The highest BCUT2D eigenvalue weighted by atomic mass is 16.5. The van der Waals surface area contributed by atoms with Gasteiger partial charge in [0.15, 0.2) is 0 Å². The fraction of sp³-hybridized carbons (Fsp3) is 0.286. The van der Waals surface area contributed by atoms with Crippen molar-refractivity contribution in [3.8, 4) is 17.0 Å². The fourth-order valence-electron chi connectivity index (χ4n) is 3.73. The summed E-state index contributed by atoms with van der Waals surface area (Å²) in [5.74, 6) is 0.583. The van der Waals surface area contributed by atoms with E-state index in [-0.39, 0.29) is 5.91 Å². The second kappa shape index (κ2) is 6.54. The lowest BCUT2D eigenvalue weighted by atomic mass is 9.99. The van der Waals surface area contributed by atoms with Gasteiger partial charge in [-0.3, -0.25) is 4.79 Å². The van der Waals surface area contributed by atoms with E-state index in [2.05, 4.69) is 11.9 Å². The van der Waals surface area contributed by atoms with Crippen LogP contribution in [-0.2, 0) is 6.54 Å². The number of pyridine rings is 2. The van der Waals surface area contributed by atoms with Gasteiger partial charge < -0.3 is 15.4 Å². The molecule has 0 unspecified atom stereocenters. The molecule has 0 atom stereocenters. The minimum absolute atomic E-state index is 0.0221. The molecule has 6 nitrogen and oxygen atoms in total. The number of carbonyl (C=O) groups excluding carboxylic acids is 1. The van der Waals surface area contributed by atoms with Crippen molar-refractivity contribution in [3.63, 3.8) is 0 Å². The number of para-hydroxylation sites is 1. The van der Waals surface area contributed by atoms with E-state index in [1.807, 2.05) is 36.1 Å². The maximum absolute atomic E-state index is 12.7. The lowest BCUT2D eigenvalue weighted by Gasteiger charge is -2.13. The minimum atomic E-state index is -0.0221. The quantitative estimate of drug-likeness (QED) is 0.767. The number of nitrogens with two attached hydrogens (primary N) is 1. The molecule has 0 fully saturated rings. The summed E-state index contributed by atoms with van der Waals surface area (Å²) in [4.78, 5) is 23.7. The monoisotopic (exact) mass is 362 g/mol. The van der Waals surface area contributed by atoms with Crippen LogP contribution < -0.4 is 10.5 Å². The number of benzene rings is 1. The number of nitrogens with zero attached hydrogens (tertiary/aromatic N) is 3. The second-order valence-corrected chi connectivity index (χ2v) is 6.83. The van der Waals surface area contributed by atoms with Crippen molar-refractivity contribution in [2.75, 3.05) is 19.4 Å². The predicted molar refractivity (Wildman–Crippen MR) is 106 cm³/mol. The Kier molecular flexibility index (Phi) is 4.18. The molecule has 138 valence electrons. The summed E-state index contributed by atoms with van der Waals surface area (Å²) in [5, 5.41) is 0.798. The summed E-state index contributed by atoms with van der Waals surface area (Å²) < 4.78 is 5.26. The van der Waals surface area contributed by atoms with E-state index in [1.54, 1.807) is 13.3 Å². The van der Waals surface area contributed by atoms with E-state index in [0.29, 0.717) is 30.2 Å². The molecule has 3 heterocycles. The first-order valence-electron chi connectivity index (χ1n) is 9.06. The molecule has 4 rings (SSSR count). The number of fused-ring (bicyclic) bond motifs is 2. The van der Waals surface area contributed by atoms with E-state index < -0.39 is 0 Å². The standard InChI is InChI=1S/C21H22N4O2/c1-4-8-25-11-16-17(21(25)26)18(22)15-7-5-6-14(19(15)24-16)13-9-12(2)20(27-3)23-10-13/h5-7,9-10H,4,8,11H2,1-3H3,(H2,22,24). The predicted octanol–water partition coefficient (Wildman–Crippen LogP) is 3.56. The Labute approximate surface area is 158 Å². The van der Waals surface area contributed by atoms with Gasteiger partial charge in [-0.05, 0) is 19.4 Å². The Bertz CT molecular complexity index is 1060. The molecule has 0 saturated carbocycles. The number of amides is 1. The van der Waals surface area contributed by atoms with Gasteiger partial charge in [0.05, 0.1) is 36.1 Å². The lowest BCUT2D eigenvalue weighted by molar-refractivity contribution is 0.0779. The molecule has 1 amide bonds. The third-order valence-electron chi connectivity index (χ3n) is 5.00. The van der Waals surface area contributed by atoms with Crippen molar-refractivity contribution in [1.82, 2.24) is 14.9 Å². The molecular formula is C21H22N4O2.